The average molecular weight is 498 g/mol. The minimum atomic E-state index is 0.130. The third-order valence-corrected chi connectivity index (χ3v) is 5.64. The summed E-state index contributed by atoms with van der Waals surface area (Å²) in [6.07, 6.45) is 0.820. The molecular formula is C23H30Br2O2. The minimum Gasteiger partial charge on any atom is -0.492 e. The number of ether oxygens (including phenoxy) is 2. The Morgan fingerprint density at radius 1 is 0.667 bits per heavy atom. The van der Waals surface area contributed by atoms with Gasteiger partial charge < -0.3 is 9.47 Å². The zero-order chi connectivity index (χ0) is 20.2. The van der Waals surface area contributed by atoms with Crippen LogP contribution in [0.5, 0.6) is 11.5 Å². The Morgan fingerprint density at radius 3 is 1.33 bits per heavy atom. The maximum absolute atomic E-state index is 5.90. The van der Waals surface area contributed by atoms with Crippen LogP contribution in [0.15, 0.2) is 45.3 Å². The van der Waals surface area contributed by atoms with E-state index in [4.69, 9.17) is 9.47 Å². The molecule has 2 aromatic carbocycles. The van der Waals surface area contributed by atoms with Gasteiger partial charge in [-0.25, -0.2) is 0 Å². The number of rotatable bonds is 6. The molecule has 0 fully saturated rings. The van der Waals surface area contributed by atoms with Gasteiger partial charge in [0.05, 0.1) is 22.2 Å². The van der Waals surface area contributed by atoms with Crippen LogP contribution in [0.3, 0.4) is 0 Å². The summed E-state index contributed by atoms with van der Waals surface area (Å²) in [5.41, 5.74) is 2.83. The molecule has 2 rings (SSSR count). The summed E-state index contributed by atoms with van der Waals surface area (Å²) in [7, 11) is 0. The van der Waals surface area contributed by atoms with Gasteiger partial charge in [0.15, 0.2) is 0 Å². The second kappa shape index (κ2) is 9.00. The van der Waals surface area contributed by atoms with Gasteiger partial charge in [0, 0.05) is 6.42 Å². The molecule has 148 valence electrons. The molecule has 27 heavy (non-hydrogen) atoms. The zero-order valence-electron chi connectivity index (χ0n) is 17.2. The quantitative estimate of drug-likeness (QED) is 0.381. The Hall–Kier alpha value is -1.000. The molecule has 0 saturated carbocycles. The fourth-order valence-corrected chi connectivity index (χ4v) is 3.58. The molecule has 0 atom stereocenters. The molecule has 0 saturated heterocycles. The van der Waals surface area contributed by atoms with Crippen LogP contribution in [0.4, 0.5) is 0 Å². The van der Waals surface area contributed by atoms with Crippen LogP contribution in [-0.4, -0.2) is 13.2 Å². The van der Waals surface area contributed by atoms with Gasteiger partial charge in [0.25, 0.3) is 0 Å². The third-order valence-electron chi connectivity index (χ3n) is 4.40. The maximum Gasteiger partial charge on any atom is 0.133 e. The van der Waals surface area contributed by atoms with E-state index in [1.807, 2.05) is 12.1 Å². The molecule has 0 radical (unpaired) electrons. The van der Waals surface area contributed by atoms with Crippen LogP contribution in [-0.2, 0) is 10.8 Å². The van der Waals surface area contributed by atoms with Crippen LogP contribution in [0, 0.1) is 0 Å². The third kappa shape index (κ3) is 6.53. The molecule has 0 spiro atoms. The van der Waals surface area contributed by atoms with Crippen molar-refractivity contribution in [2.45, 2.75) is 58.8 Å². The summed E-state index contributed by atoms with van der Waals surface area (Å²) in [4.78, 5) is 0. The van der Waals surface area contributed by atoms with Crippen LogP contribution >= 0.6 is 31.9 Å². The molecule has 0 amide bonds. The number of hydrogen-bond donors (Lipinski definition) is 0. The largest absolute Gasteiger partial charge is 0.492 e. The Morgan fingerprint density at radius 2 is 1.04 bits per heavy atom. The number of hydrogen-bond acceptors (Lipinski definition) is 2. The summed E-state index contributed by atoms with van der Waals surface area (Å²) in [6, 6.07) is 12.6. The highest BCUT2D eigenvalue weighted by Crippen LogP contribution is 2.32. The first-order valence-electron chi connectivity index (χ1n) is 9.34. The van der Waals surface area contributed by atoms with Crippen LogP contribution in [0.2, 0.25) is 0 Å². The summed E-state index contributed by atoms with van der Waals surface area (Å²) >= 11 is 7.23. The normalized spacial score (nSPS) is 12.1. The molecule has 0 aliphatic heterocycles. The molecule has 0 aromatic heterocycles. The van der Waals surface area contributed by atoms with Crippen molar-refractivity contribution in [2.75, 3.05) is 13.2 Å². The minimum absolute atomic E-state index is 0.130. The van der Waals surface area contributed by atoms with Crippen molar-refractivity contribution in [1.29, 1.82) is 0 Å². The summed E-state index contributed by atoms with van der Waals surface area (Å²) in [6.45, 7) is 14.5. The second-order valence-corrected chi connectivity index (χ2v) is 10.5. The van der Waals surface area contributed by atoms with Crippen LogP contribution < -0.4 is 9.47 Å². The lowest BCUT2D eigenvalue weighted by atomic mass is 9.87. The van der Waals surface area contributed by atoms with Crippen molar-refractivity contribution >= 4 is 31.9 Å². The summed E-state index contributed by atoms with van der Waals surface area (Å²) in [5, 5.41) is 0. The highest BCUT2D eigenvalue weighted by molar-refractivity contribution is 9.10. The molecule has 2 nitrogen and oxygen atoms in total. The Bertz CT molecular complexity index is 705. The first kappa shape index (κ1) is 22.3. The van der Waals surface area contributed by atoms with E-state index in [-0.39, 0.29) is 10.8 Å². The van der Waals surface area contributed by atoms with Crippen molar-refractivity contribution < 1.29 is 9.47 Å². The van der Waals surface area contributed by atoms with E-state index in [0.717, 1.165) is 26.9 Å². The summed E-state index contributed by atoms with van der Waals surface area (Å²) in [5.74, 6) is 1.75. The molecule has 4 heteroatoms. The highest BCUT2D eigenvalue weighted by Gasteiger charge is 2.16. The molecule has 0 aliphatic rings. The molecule has 0 heterocycles. The number of benzene rings is 2. The van der Waals surface area contributed by atoms with Crippen molar-refractivity contribution in [3.8, 4) is 11.5 Å². The fraction of sp³-hybridized carbons (Fsp3) is 0.478. The van der Waals surface area contributed by atoms with Gasteiger partial charge in [0.1, 0.15) is 11.5 Å². The zero-order valence-corrected chi connectivity index (χ0v) is 20.3. The van der Waals surface area contributed by atoms with E-state index in [1.165, 1.54) is 11.1 Å². The molecule has 0 N–H and O–H groups in total. The highest BCUT2D eigenvalue weighted by atomic mass is 79.9. The average Bonchev–Trinajstić information content (AvgIpc) is 2.55. The van der Waals surface area contributed by atoms with Crippen molar-refractivity contribution in [3.05, 3.63) is 56.5 Å². The van der Waals surface area contributed by atoms with E-state index >= 15 is 0 Å². The topological polar surface area (TPSA) is 18.5 Å². The molecular weight excluding hydrogens is 468 g/mol. The van der Waals surface area contributed by atoms with Crippen LogP contribution in [0.25, 0.3) is 0 Å². The molecule has 0 unspecified atom stereocenters. The van der Waals surface area contributed by atoms with Gasteiger partial charge in [-0.1, -0.05) is 53.7 Å². The monoisotopic (exact) mass is 496 g/mol. The lowest BCUT2D eigenvalue weighted by molar-refractivity contribution is 0.245. The van der Waals surface area contributed by atoms with E-state index in [1.54, 1.807) is 0 Å². The van der Waals surface area contributed by atoms with Crippen molar-refractivity contribution in [1.82, 2.24) is 0 Å². The Balaban J connectivity index is 1.83. The predicted octanol–water partition coefficient (Wildman–Crippen LogP) is 7.65. The van der Waals surface area contributed by atoms with E-state index in [9.17, 15) is 0 Å². The van der Waals surface area contributed by atoms with Gasteiger partial charge in [-0.05, 0) is 78.1 Å². The Labute approximate surface area is 180 Å². The second-order valence-electron chi connectivity index (χ2n) is 8.84. The molecule has 2 aromatic rings. The van der Waals surface area contributed by atoms with Gasteiger partial charge >= 0.3 is 0 Å². The SMILES string of the molecule is CC(C)(C)c1ccc(OCCCOc2ccc(C(C)(C)C)cc2Br)c(Br)c1. The fourth-order valence-electron chi connectivity index (χ4n) is 2.59. The smallest absolute Gasteiger partial charge is 0.133 e. The van der Waals surface area contributed by atoms with E-state index < -0.39 is 0 Å². The predicted molar refractivity (Wildman–Crippen MR) is 121 cm³/mol. The molecule has 0 aliphatic carbocycles. The van der Waals surface area contributed by atoms with Gasteiger partial charge in [0.2, 0.25) is 0 Å². The van der Waals surface area contributed by atoms with Gasteiger partial charge in [-0.3, -0.25) is 0 Å². The molecule has 0 bridgehead atoms. The number of halogens is 2. The standard InChI is InChI=1S/C23H30Br2O2/c1-22(2,3)16-8-10-20(18(24)14-16)26-12-7-13-27-21-11-9-17(15-19(21)25)23(4,5)6/h8-11,14-15H,7,12-13H2,1-6H3. The van der Waals surface area contributed by atoms with Crippen LogP contribution in [0.1, 0.15) is 59.1 Å². The summed E-state index contributed by atoms with van der Waals surface area (Å²) < 4.78 is 13.8. The van der Waals surface area contributed by atoms with E-state index in [2.05, 4.69) is 97.7 Å². The first-order valence-corrected chi connectivity index (χ1v) is 10.9. The van der Waals surface area contributed by atoms with Crippen molar-refractivity contribution in [2.24, 2.45) is 0 Å². The van der Waals surface area contributed by atoms with Gasteiger partial charge in [-0.15, -0.1) is 0 Å². The Kier molecular flexibility index (Phi) is 7.43. The lowest BCUT2D eigenvalue weighted by Gasteiger charge is -2.20. The lowest BCUT2D eigenvalue weighted by Crippen LogP contribution is -2.11. The van der Waals surface area contributed by atoms with Gasteiger partial charge in [-0.2, -0.15) is 0 Å². The maximum atomic E-state index is 5.90. The van der Waals surface area contributed by atoms with E-state index in [0.29, 0.717) is 13.2 Å². The van der Waals surface area contributed by atoms with Crippen molar-refractivity contribution in [3.63, 3.8) is 0 Å². The first-order chi connectivity index (χ1) is 12.5.